The predicted octanol–water partition coefficient (Wildman–Crippen LogP) is 0.712. The number of hydrogen-bond acceptors (Lipinski definition) is 3. The van der Waals surface area contributed by atoms with Crippen LogP contribution in [0.1, 0.15) is 16.8 Å². The van der Waals surface area contributed by atoms with E-state index in [0.29, 0.717) is 12.2 Å². The van der Waals surface area contributed by atoms with E-state index < -0.39 is 0 Å². The molecule has 1 aromatic heterocycles. The first kappa shape index (κ1) is 10.5. The lowest BCUT2D eigenvalue weighted by molar-refractivity contribution is 0.184. The average molecular weight is 192 g/mol. The van der Waals surface area contributed by atoms with E-state index in [-0.39, 0.29) is 11.1 Å². The zero-order valence-corrected chi connectivity index (χ0v) is 8.50. The lowest BCUT2D eigenvalue weighted by atomic mass is 10.1. The summed E-state index contributed by atoms with van der Waals surface area (Å²) in [4.78, 5) is 11.6. The lowest BCUT2D eigenvalue weighted by Crippen LogP contribution is -2.23. The molecule has 0 amide bonds. The Balaban J connectivity index is 3.46. The molecule has 0 aliphatic carbocycles. The van der Waals surface area contributed by atoms with Gasteiger partial charge in [-0.2, -0.15) is 5.26 Å². The summed E-state index contributed by atoms with van der Waals surface area (Å²) in [6.45, 7) is 2.11. The Morgan fingerprint density at radius 3 is 2.79 bits per heavy atom. The summed E-state index contributed by atoms with van der Waals surface area (Å²) < 4.78 is 6.38. The highest BCUT2D eigenvalue weighted by atomic mass is 16.5. The Bertz CT molecular complexity index is 441. The highest BCUT2D eigenvalue weighted by Gasteiger charge is 2.09. The molecule has 1 aromatic rings. The van der Waals surface area contributed by atoms with Crippen LogP contribution in [0.4, 0.5) is 0 Å². The minimum absolute atomic E-state index is 0.167. The van der Waals surface area contributed by atoms with Gasteiger partial charge in [-0.25, -0.2) is 0 Å². The Morgan fingerprint density at radius 1 is 1.64 bits per heavy atom. The predicted molar refractivity (Wildman–Crippen MR) is 51.8 cm³/mol. The third-order valence-corrected chi connectivity index (χ3v) is 2.16. The molecular weight excluding hydrogens is 180 g/mol. The summed E-state index contributed by atoms with van der Waals surface area (Å²) in [6.07, 6.45) is 0. The molecule has 0 aromatic carbocycles. The van der Waals surface area contributed by atoms with E-state index in [0.717, 1.165) is 5.69 Å². The van der Waals surface area contributed by atoms with Crippen molar-refractivity contribution < 1.29 is 4.74 Å². The lowest BCUT2D eigenvalue weighted by Gasteiger charge is -2.08. The largest absolute Gasteiger partial charge is 0.380 e. The second-order valence-electron chi connectivity index (χ2n) is 3.09. The van der Waals surface area contributed by atoms with Crippen LogP contribution in [0.15, 0.2) is 10.9 Å². The van der Waals surface area contributed by atoms with Gasteiger partial charge in [0.2, 0.25) is 0 Å². The van der Waals surface area contributed by atoms with Crippen molar-refractivity contribution in [3.63, 3.8) is 0 Å². The van der Waals surface area contributed by atoms with Gasteiger partial charge in [0.25, 0.3) is 5.56 Å². The molecule has 0 bridgehead atoms. The van der Waals surface area contributed by atoms with Crippen LogP contribution in [0.5, 0.6) is 0 Å². The van der Waals surface area contributed by atoms with Gasteiger partial charge in [-0.05, 0) is 13.0 Å². The molecule has 0 N–H and O–H groups in total. The summed E-state index contributed by atoms with van der Waals surface area (Å²) >= 11 is 0. The molecule has 4 heteroatoms. The van der Waals surface area contributed by atoms with Crippen LogP contribution >= 0.6 is 0 Å². The van der Waals surface area contributed by atoms with Crippen LogP contribution in [0.2, 0.25) is 0 Å². The topological polar surface area (TPSA) is 55.0 Å². The molecule has 0 spiro atoms. The minimum Gasteiger partial charge on any atom is -0.380 e. The van der Waals surface area contributed by atoms with Crippen molar-refractivity contribution in [2.45, 2.75) is 13.5 Å². The van der Waals surface area contributed by atoms with Crippen molar-refractivity contribution in [2.24, 2.45) is 7.05 Å². The molecule has 0 saturated heterocycles. The zero-order chi connectivity index (χ0) is 10.7. The van der Waals surface area contributed by atoms with E-state index in [1.165, 1.54) is 11.7 Å². The first-order chi connectivity index (χ1) is 6.61. The van der Waals surface area contributed by atoms with Crippen molar-refractivity contribution in [2.75, 3.05) is 7.11 Å². The van der Waals surface area contributed by atoms with Gasteiger partial charge in [0.15, 0.2) is 0 Å². The smallest absolute Gasteiger partial charge is 0.268 e. The number of pyridine rings is 1. The summed E-state index contributed by atoms with van der Waals surface area (Å²) in [5.74, 6) is 0. The van der Waals surface area contributed by atoms with Crippen LogP contribution in [-0.2, 0) is 18.4 Å². The van der Waals surface area contributed by atoms with Gasteiger partial charge < -0.3 is 9.30 Å². The van der Waals surface area contributed by atoms with Crippen LogP contribution < -0.4 is 5.56 Å². The van der Waals surface area contributed by atoms with Gasteiger partial charge in [0.05, 0.1) is 6.61 Å². The second-order valence-corrected chi connectivity index (χ2v) is 3.09. The van der Waals surface area contributed by atoms with E-state index in [2.05, 4.69) is 0 Å². The fourth-order valence-electron chi connectivity index (χ4n) is 1.28. The van der Waals surface area contributed by atoms with Gasteiger partial charge in [-0.1, -0.05) is 0 Å². The van der Waals surface area contributed by atoms with E-state index in [9.17, 15) is 4.79 Å². The molecule has 0 fully saturated rings. The number of methoxy groups -OCH3 is 1. The van der Waals surface area contributed by atoms with Crippen LogP contribution in [-0.4, -0.2) is 11.7 Å². The highest BCUT2D eigenvalue weighted by Crippen LogP contribution is 2.06. The average Bonchev–Trinajstić information content (AvgIpc) is 2.16. The van der Waals surface area contributed by atoms with Gasteiger partial charge in [0.1, 0.15) is 11.6 Å². The fourth-order valence-corrected chi connectivity index (χ4v) is 1.28. The Morgan fingerprint density at radius 2 is 2.29 bits per heavy atom. The van der Waals surface area contributed by atoms with Crippen LogP contribution in [0, 0.1) is 18.3 Å². The van der Waals surface area contributed by atoms with Gasteiger partial charge in [0, 0.05) is 25.4 Å². The molecule has 0 saturated carbocycles. The van der Waals surface area contributed by atoms with E-state index >= 15 is 0 Å². The molecule has 0 aliphatic heterocycles. The Kier molecular flexibility index (Phi) is 3.05. The number of hydrogen-bond donors (Lipinski definition) is 0. The standard InChI is InChI=1S/C10H12N2O2/c1-7-4-8(6-14-3)9(5-11)10(13)12(7)2/h4H,6H2,1-3H3. The van der Waals surface area contributed by atoms with Gasteiger partial charge >= 0.3 is 0 Å². The molecule has 1 rings (SSSR count). The number of nitrogens with zero attached hydrogens (tertiary/aromatic N) is 2. The third-order valence-electron chi connectivity index (χ3n) is 2.16. The maximum atomic E-state index is 11.6. The number of aryl methyl sites for hydroxylation is 1. The van der Waals surface area contributed by atoms with Crippen molar-refractivity contribution in [3.8, 4) is 6.07 Å². The summed E-state index contributed by atoms with van der Waals surface area (Å²) in [5, 5.41) is 8.82. The molecule has 4 nitrogen and oxygen atoms in total. The number of ether oxygens (including phenoxy) is 1. The first-order valence-corrected chi connectivity index (χ1v) is 4.20. The first-order valence-electron chi connectivity index (χ1n) is 4.20. The molecule has 14 heavy (non-hydrogen) atoms. The normalized spacial score (nSPS) is 9.86. The monoisotopic (exact) mass is 192 g/mol. The van der Waals surface area contributed by atoms with Crippen molar-refractivity contribution in [1.29, 1.82) is 5.26 Å². The van der Waals surface area contributed by atoms with Crippen molar-refractivity contribution in [1.82, 2.24) is 4.57 Å². The van der Waals surface area contributed by atoms with E-state index in [1.54, 1.807) is 13.1 Å². The molecular formula is C10H12N2O2. The number of aromatic nitrogens is 1. The van der Waals surface area contributed by atoms with Crippen molar-refractivity contribution >= 4 is 0 Å². The zero-order valence-electron chi connectivity index (χ0n) is 8.50. The van der Waals surface area contributed by atoms with Gasteiger partial charge in [-0.3, -0.25) is 4.79 Å². The summed E-state index contributed by atoms with van der Waals surface area (Å²) in [7, 11) is 3.18. The van der Waals surface area contributed by atoms with E-state index in [1.807, 2.05) is 13.0 Å². The molecule has 0 unspecified atom stereocenters. The maximum absolute atomic E-state index is 11.6. The van der Waals surface area contributed by atoms with Gasteiger partial charge in [-0.15, -0.1) is 0 Å². The minimum atomic E-state index is -0.264. The molecule has 0 radical (unpaired) electrons. The number of rotatable bonds is 2. The Hall–Kier alpha value is -1.60. The SMILES string of the molecule is COCc1cc(C)n(C)c(=O)c1C#N. The second kappa shape index (κ2) is 4.07. The molecule has 0 atom stereocenters. The summed E-state index contributed by atoms with van der Waals surface area (Å²) in [5.41, 5.74) is 1.37. The quantitative estimate of drug-likeness (QED) is 0.693. The third kappa shape index (κ3) is 1.68. The van der Waals surface area contributed by atoms with Crippen LogP contribution in [0.25, 0.3) is 0 Å². The van der Waals surface area contributed by atoms with Crippen LogP contribution in [0.3, 0.4) is 0 Å². The molecule has 1 heterocycles. The highest BCUT2D eigenvalue weighted by molar-refractivity contribution is 5.36. The summed E-state index contributed by atoms with van der Waals surface area (Å²) in [6, 6.07) is 3.70. The van der Waals surface area contributed by atoms with Crippen molar-refractivity contribution in [3.05, 3.63) is 33.2 Å². The Labute approximate surface area is 82.4 Å². The van der Waals surface area contributed by atoms with E-state index in [4.69, 9.17) is 10.00 Å². The number of nitriles is 1. The molecule has 0 aliphatic rings. The maximum Gasteiger partial charge on any atom is 0.268 e. The molecule has 74 valence electrons. The fraction of sp³-hybridized carbons (Fsp3) is 0.400.